The lowest BCUT2D eigenvalue weighted by molar-refractivity contribution is -0.0935. The van der Waals surface area contributed by atoms with Gasteiger partial charge in [0.1, 0.15) is 0 Å². The van der Waals surface area contributed by atoms with Crippen LogP contribution in [-0.4, -0.2) is 27.1 Å². The zero-order valence-electron chi connectivity index (χ0n) is 17.6. The van der Waals surface area contributed by atoms with Crippen LogP contribution in [-0.2, 0) is 9.16 Å². The lowest BCUT2D eigenvalue weighted by Crippen LogP contribution is -2.50. The molecule has 0 aromatic carbocycles. The Morgan fingerprint density at radius 2 is 1.71 bits per heavy atom. The molecule has 1 fully saturated rings. The molecular formula is C21H44O2Si. The van der Waals surface area contributed by atoms with Gasteiger partial charge in [-0.2, -0.15) is 0 Å². The van der Waals surface area contributed by atoms with E-state index < -0.39 is 8.32 Å². The standard InChI is InChI=1S/C21H44O2Si/c1-8-9-10-11-12-13-15-18(2)20-19(16-14-17-22-20)23-24(6,7)21(3,4)5/h18-20H,8-17H2,1-7H3/t18?,19-,20+/m1/s1. The van der Waals surface area contributed by atoms with Crippen molar-refractivity contribution in [2.45, 2.75) is 123 Å². The van der Waals surface area contributed by atoms with Crippen molar-refractivity contribution < 1.29 is 9.16 Å². The molecule has 1 unspecified atom stereocenters. The first-order chi connectivity index (χ1) is 11.2. The smallest absolute Gasteiger partial charge is 0.192 e. The van der Waals surface area contributed by atoms with E-state index in [-0.39, 0.29) is 5.04 Å². The minimum absolute atomic E-state index is 0.275. The molecule has 0 spiro atoms. The van der Waals surface area contributed by atoms with Gasteiger partial charge >= 0.3 is 0 Å². The van der Waals surface area contributed by atoms with E-state index in [4.69, 9.17) is 9.16 Å². The topological polar surface area (TPSA) is 18.5 Å². The molecule has 0 amide bonds. The first kappa shape index (κ1) is 22.2. The maximum atomic E-state index is 6.75. The highest BCUT2D eigenvalue weighted by Gasteiger charge is 2.42. The maximum absolute atomic E-state index is 6.75. The fourth-order valence-electron chi connectivity index (χ4n) is 3.40. The quantitative estimate of drug-likeness (QED) is 0.312. The van der Waals surface area contributed by atoms with Crippen molar-refractivity contribution in [3.8, 4) is 0 Å². The first-order valence-electron chi connectivity index (χ1n) is 10.5. The molecule has 1 rings (SSSR count). The van der Waals surface area contributed by atoms with E-state index in [1.807, 2.05) is 0 Å². The molecular weight excluding hydrogens is 312 g/mol. The molecule has 144 valence electrons. The highest BCUT2D eigenvalue weighted by molar-refractivity contribution is 6.74. The lowest BCUT2D eigenvalue weighted by atomic mass is 9.90. The molecule has 0 N–H and O–H groups in total. The molecule has 0 bridgehead atoms. The van der Waals surface area contributed by atoms with Gasteiger partial charge in [0.2, 0.25) is 0 Å². The van der Waals surface area contributed by atoms with Crippen LogP contribution < -0.4 is 0 Å². The Hall–Kier alpha value is 0.137. The zero-order chi connectivity index (χ0) is 18.2. The third kappa shape index (κ3) is 7.17. The van der Waals surface area contributed by atoms with Crippen LogP contribution >= 0.6 is 0 Å². The third-order valence-electron chi connectivity index (χ3n) is 6.14. The second kappa shape index (κ2) is 10.3. The molecule has 3 atom stereocenters. The van der Waals surface area contributed by atoms with Crippen molar-refractivity contribution in [2.24, 2.45) is 5.92 Å². The zero-order valence-corrected chi connectivity index (χ0v) is 18.6. The van der Waals surface area contributed by atoms with Gasteiger partial charge in [0.05, 0.1) is 12.2 Å². The summed E-state index contributed by atoms with van der Waals surface area (Å²) >= 11 is 0. The molecule has 1 saturated heterocycles. The number of unbranched alkanes of at least 4 members (excludes halogenated alkanes) is 5. The average Bonchev–Trinajstić information content (AvgIpc) is 2.49. The van der Waals surface area contributed by atoms with Crippen LogP contribution in [0.4, 0.5) is 0 Å². The predicted molar refractivity (Wildman–Crippen MR) is 108 cm³/mol. The normalized spacial score (nSPS) is 24.1. The number of rotatable bonds is 10. The van der Waals surface area contributed by atoms with E-state index in [0.29, 0.717) is 18.1 Å². The Labute approximate surface area is 153 Å². The molecule has 0 radical (unpaired) electrons. The molecule has 1 heterocycles. The predicted octanol–water partition coefficient (Wildman–Crippen LogP) is 6.94. The molecule has 1 aliphatic rings. The van der Waals surface area contributed by atoms with Gasteiger partial charge in [-0.15, -0.1) is 0 Å². The van der Waals surface area contributed by atoms with Crippen LogP contribution in [0.5, 0.6) is 0 Å². The Kier molecular flexibility index (Phi) is 9.54. The summed E-state index contributed by atoms with van der Waals surface area (Å²) in [6.07, 6.45) is 12.5. The molecule has 3 heteroatoms. The fraction of sp³-hybridized carbons (Fsp3) is 1.00. The number of ether oxygens (including phenoxy) is 1. The van der Waals surface area contributed by atoms with Gasteiger partial charge in [0, 0.05) is 6.61 Å². The Balaban J connectivity index is 2.47. The van der Waals surface area contributed by atoms with Crippen molar-refractivity contribution in [2.75, 3.05) is 6.61 Å². The summed E-state index contributed by atoms with van der Waals surface area (Å²) in [5.74, 6) is 0.617. The van der Waals surface area contributed by atoms with Gasteiger partial charge in [0.15, 0.2) is 8.32 Å². The summed E-state index contributed by atoms with van der Waals surface area (Å²) in [7, 11) is -1.71. The van der Waals surface area contributed by atoms with E-state index in [1.165, 1.54) is 51.4 Å². The maximum Gasteiger partial charge on any atom is 0.192 e. The summed E-state index contributed by atoms with van der Waals surface area (Å²) in [6.45, 7) is 17.3. The second-order valence-corrected chi connectivity index (χ2v) is 14.2. The molecule has 24 heavy (non-hydrogen) atoms. The van der Waals surface area contributed by atoms with Crippen molar-refractivity contribution >= 4 is 8.32 Å². The van der Waals surface area contributed by atoms with Crippen molar-refractivity contribution in [3.05, 3.63) is 0 Å². The van der Waals surface area contributed by atoms with E-state index in [1.54, 1.807) is 0 Å². The lowest BCUT2D eigenvalue weighted by Gasteiger charge is -2.44. The van der Waals surface area contributed by atoms with Gasteiger partial charge in [-0.05, 0) is 43.3 Å². The molecule has 0 aromatic rings. The van der Waals surface area contributed by atoms with E-state index in [0.717, 1.165) is 13.0 Å². The summed E-state index contributed by atoms with van der Waals surface area (Å²) in [5.41, 5.74) is 0. The van der Waals surface area contributed by atoms with Crippen LogP contribution in [0.2, 0.25) is 18.1 Å². The molecule has 0 aliphatic carbocycles. The van der Waals surface area contributed by atoms with E-state index in [2.05, 4.69) is 47.7 Å². The largest absolute Gasteiger partial charge is 0.411 e. The molecule has 0 aromatic heterocycles. The number of hydrogen-bond acceptors (Lipinski definition) is 2. The van der Waals surface area contributed by atoms with E-state index in [9.17, 15) is 0 Å². The van der Waals surface area contributed by atoms with Gasteiger partial charge in [0.25, 0.3) is 0 Å². The minimum Gasteiger partial charge on any atom is -0.411 e. The highest BCUT2D eigenvalue weighted by Crippen LogP contribution is 2.39. The molecule has 1 aliphatic heterocycles. The summed E-state index contributed by atoms with van der Waals surface area (Å²) in [6, 6.07) is 0. The van der Waals surface area contributed by atoms with Crippen LogP contribution in [0, 0.1) is 5.92 Å². The SMILES string of the molecule is CCCCCCCCC(C)[C@@H]1OCCC[C@H]1O[Si](C)(C)C(C)(C)C. The third-order valence-corrected chi connectivity index (χ3v) is 10.6. The van der Waals surface area contributed by atoms with Crippen LogP contribution in [0.25, 0.3) is 0 Å². The highest BCUT2D eigenvalue weighted by atomic mass is 28.4. The Morgan fingerprint density at radius 3 is 2.33 bits per heavy atom. The van der Waals surface area contributed by atoms with Gasteiger partial charge < -0.3 is 9.16 Å². The average molecular weight is 357 g/mol. The minimum atomic E-state index is -1.71. The number of hydrogen-bond donors (Lipinski definition) is 0. The van der Waals surface area contributed by atoms with E-state index >= 15 is 0 Å². The van der Waals surface area contributed by atoms with Crippen LogP contribution in [0.1, 0.15) is 92.4 Å². The van der Waals surface area contributed by atoms with Crippen molar-refractivity contribution in [1.29, 1.82) is 0 Å². The monoisotopic (exact) mass is 356 g/mol. The summed E-state index contributed by atoms with van der Waals surface area (Å²) in [5, 5.41) is 0.275. The first-order valence-corrected chi connectivity index (χ1v) is 13.4. The van der Waals surface area contributed by atoms with Gasteiger partial charge in [-0.25, -0.2) is 0 Å². The Morgan fingerprint density at radius 1 is 1.08 bits per heavy atom. The van der Waals surface area contributed by atoms with Gasteiger partial charge in [-0.3, -0.25) is 0 Å². The summed E-state index contributed by atoms with van der Waals surface area (Å²) in [4.78, 5) is 0. The second-order valence-electron chi connectivity index (χ2n) is 9.43. The van der Waals surface area contributed by atoms with Crippen LogP contribution in [0.3, 0.4) is 0 Å². The Bertz CT molecular complexity index is 335. The molecule has 0 saturated carbocycles. The van der Waals surface area contributed by atoms with Crippen molar-refractivity contribution in [1.82, 2.24) is 0 Å². The van der Waals surface area contributed by atoms with Crippen molar-refractivity contribution in [3.63, 3.8) is 0 Å². The fourth-order valence-corrected chi connectivity index (χ4v) is 4.76. The van der Waals surface area contributed by atoms with Crippen LogP contribution in [0.15, 0.2) is 0 Å². The van der Waals surface area contributed by atoms with Gasteiger partial charge in [-0.1, -0.05) is 73.1 Å². The molecule has 2 nitrogen and oxygen atoms in total. The summed E-state index contributed by atoms with van der Waals surface area (Å²) < 4.78 is 13.0.